The fourth-order valence-corrected chi connectivity index (χ4v) is 13.6. The number of rotatable bonds is 18. The molecule has 0 aromatic heterocycles. The van der Waals surface area contributed by atoms with Crippen molar-refractivity contribution in [2.24, 2.45) is 15.9 Å². The first-order valence-corrected chi connectivity index (χ1v) is 34.5. The Labute approximate surface area is 374 Å². The predicted octanol–water partition coefficient (Wildman–Crippen LogP) is 13.8. The minimum Gasteiger partial charge on any atom is -0.415 e. The molecule has 1 saturated heterocycles. The van der Waals surface area contributed by atoms with Gasteiger partial charge >= 0.3 is 0 Å². The molecule has 348 valence electrons. The number of hydrogen-bond donors (Lipinski definition) is 1. The van der Waals surface area contributed by atoms with Crippen LogP contribution in [0.2, 0.25) is 72.5 Å². The third-order valence-electron chi connectivity index (χ3n) is 16.6. The Bertz CT molecular complexity index is 1750. The van der Waals surface area contributed by atoms with Crippen LogP contribution in [0.4, 0.5) is 17.1 Å². The number of nitro benzene ring substituents is 1. The van der Waals surface area contributed by atoms with E-state index in [-0.39, 0.29) is 61.3 Å². The monoisotopic (exact) mass is 919 g/mol. The van der Waals surface area contributed by atoms with Gasteiger partial charge in [0.05, 0.1) is 35.9 Å². The van der Waals surface area contributed by atoms with E-state index in [2.05, 4.69) is 156 Å². The van der Waals surface area contributed by atoms with Crippen molar-refractivity contribution in [3.63, 3.8) is 0 Å². The van der Waals surface area contributed by atoms with Crippen molar-refractivity contribution in [2.45, 2.75) is 212 Å². The number of hydrogen-bond acceptors (Lipinski definition) is 9. The highest BCUT2D eigenvalue weighted by Crippen LogP contribution is 2.76. The molecule has 1 heterocycles. The lowest BCUT2D eigenvalue weighted by Crippen LogP contribution is -2.71. The average molecular weight is 920 g/mol. The van der Waals surface area contributed by atoms with E-state index >= 15 is 0 Å². The van der Waals surface area contributed by atoms with Crippen LogP contribution in [0.5, 0.6) is 0 Å². The molecule has 61 heavy (non-hydrogen) atoms. The zero-order chi connectivity index (χ0) is 46.6. The van der Waals surface area contributed by atoms with Crippen LogP contribution in [0, 0.1) is 20.9 Å². The summed E-state index contributed by atoms with van der Waals surface area (Å²) in [6.07, 6.45) is 5.07. The van der Waals surface area contributed by atoms with Crippen molar-refractivity contribution in [2.75, 3.05) is 31.6 Å². The molecule has 2 bridgehead atoms. The third-order valence-corrected chi connectivity index (χ3v) is 34.5. The highest BCUT2D eigenvalue weighted by atomic mass is 28.4. The van der Waals surface area contributed by atoms with Crippen LogP contribution >= 0.6 is 0 Å². The number of likely N-dealkylation sites (tertiary alicyclic amines) is 1. The zero-order valence-electron chi connectivity index (χ0n) is 42.1. The van der Waals surface area contributed by atoms with Gasteiger partial charge < -0.3 is 23.0 Å². The summed E-state index contributed by atoms with van der Waals surface area (Å²) >= 11 is 0. The molecule has 4 aliphatic rings. The number of benzene rings is 1. The lowest BCUT2D eigenvalue weighted by Gasteiger charge is -2.72. The smallest absolute Gasteiger partial charge is 0.292 e. The molecule has 1 aliphatic heterocycles. The Balaban J connectivity index is 1.66. The van der Waals surface area contributed by atoms with Crippen molar-refractivity contribution in [1.29, 1.82) is 0 Å². The first kappa shape index (κ1) is 52.0. The normalized spacial score (nSPS) is 26.9. The topological polar surface area (TPSA) is 144 Å². The van der Waals surface area contributed by atoms with Gasteiger partial charge in [-0.1, -0.05) is 94.3 Å². The molecule has 3 aliphatic carbocycles. The van der Waals surface area contributed by atoms with Gasteiger partial charge in [-0.15, -0.1) is 0 Å². The fourth-order valence-electron chi connectivity index (χ4n) is 8.60. The molecule has 12 nitrogen and oxygen atoms in total. The Kier molecular flexibility index (Phi) is 15.1. The molecule has 16 heteroatoms. The molecule has 0 radical (unpaired) electrons. The highest BCUT2D eigenvalue weighted by Gasteiger charge is 2.66. The second kappa shape index (κ2) is 17.7. The number of piperidine rings is 1. The highest BCUT2D eigenvalue weighted by molar-refractivity contribution is 6.75. The molecule has 0 amide bonds. The van der Waals surface area contributed by atoms with E-state index in [1.807, 2.05) is 0 Å². The Morgan fingerprint density at radius 1 is 0.770 bits per heavy atom. The lowest BCUT2D eigenvalue weighted by molar-refractivity contribution is -0.383. The largest absolute Gasteiger partial charge is 0.415 e. The molecule has 0 unspecified atom stereocenters. The van der Waals surface area contributed by atoms with Gasteiger partial charge in [-0.2, -0.15) is 0 Å². The molecule has 4 atom stereocenters. The summed E-state index contributed by atoms with van der Waals surface area (Å²) in [7, 11) is -8.97. The van der Waals surface area contributed by atoms with E-state index in [0.717, 1.165) is 25.9 Å². The van der Waals surface area contributed by atoms with Gasteiger partial charge in [0.1, 0.15) is 5.69 Å². The minimum atomic E-state index is -2.32. The molecule has 0 spiro atoms. The zero-order valence-corrected chi connectivity index (χ0v) is 46.1. The van der Waals surface area contributed by atoms with Gasteiger partial charge in [0.25, 0.3) is 5.69 Å². The van der Waals surface area contributed by atoms with Crippen molar-refractivity contribution in [1.82, 2.24) is 4.90 Å². The van der Waals surface area contributed by atoms with E-state index < -0.39 is 38.2 Å². The van der Waals surface area contributed by atoms with E-state index in [1.165, 1.54) is 25.3 Å². The van der Waals surface area contributed by atoms with Gasteiger partial charge in [-0.05, 0) is 134 Å². The van der Waals surface area contributed by atoms with Crippen LogP contribution in [-0.4, -0.2) is 93.7 Å². The Morgan fingerprint density at radius 2 is 1.25 bits per heavy atom. The van der Waals surface area contributed by atoms with Crippen LogP contribution in [0.15, 0.2) is 23.3 Å². The average Bonchev–Trinajstić information content (AvgIpc) is 3.04. The summed E-state index contributed by atoms with van der Waals surface area (Å²) in [4.78, 5) is 16.9. The van der Waals surface area contributed by atoms with Gasteiger partial charge in [-0.25, -0.2) is 0 Å². The predicted molar refractivity (Wildman–Crippen MR) is 263 cm³/mol. The molecular formula is C45H86N6O6Si4. The summed E-state index contributed by atoms with van der Waals surface area (Å²) in [5.74, 6) is 0. The van der Waals surface area contributed by atoms with Gasteiger partial charge in [0.2, 0.25) is 0 Å². The molecular weight excluding hydrogens is 833 g/mol. The van der Waals surface area contributed by atoms with E-state index in [4.69, 9.17) is 23.2 Å². The first-order chi connectivity index (χ1) is 27.4. The van der Waals surface area contributed by atoms with Crippen LogP contribution < -0.4 is 5.32 Å². The number of azide groups is 1. The molecule has 3 saturated carbocycles. The van der Waals surface area contributed by atoms with E-state index in [1.54, 1.807) is 12.1 Å². The van der Waals surface area contributed by atoms with Crippen molar-refractivity contribution in [3.05, 3.63) is 38.8 Å². The third kappa shape index (κ3) is 11.6. The Hall–Kier alpha value is -1.60. The van der Waals surface area contributed by atoms with Crippen LogP contribution in [-0.2, 0) is 17.7 Å². The number of anilines is 1. The maximum Gasteiger partial charge on any atom is 0.292 e. The van der Waals surface area contributed by atoms with Gasteiger partial charge in [-0.3, -0.25) is 15.0 Å². The molecule has 4 fully saturated rings. The second-order valence-electron chi connectivity index (χ2n) is 25.3. The van der Waals surface area contributed by atoms with E-state index in [0.29, 0.717) is 24.3 Å². The Morgan fingerprint density at radius 3 is 1.72 bits per heavy atom. The first-order valence-electron chi connectivity index (χ1n) is 22.9. The second-order valence-corrected chi connectivity index (χ2v) is 44.4. The quantitative estimate of drug-likeness (QED) is 0.0383. The maximum absolute atomic E-state index is 11.8. The van der Waals surface area contributed by atoms with Crippen LogP contribution in [0.3, 0.4) is 0 Å². The van der Waals surface area contributed by atoms with Crippen LogP contribution in [0.1, 0.15) is 115 Å². The molecule has 5 rings (SSSR count). The standard InChI is InChI=1S/C45H86N6O6Si4/c1-40(2,3)58(13,14)54-29-36-38(56-60(17,18)42(7,8)9)39(57-61(19,20)43(10,11)12)37(55-59(15,16)41(4,5)6)28-50(36)26-24-45-30-44(31-45,32-45)23-25-47-34-22-21-33(48-49-46)27-35(34)51(52)53/h21-22,27,36-39,47H,23-26,28-32H2,1-20H3/t36-,37+,38-,39-,44?,45?/m1/s1. The lowest BCUT2D eigenvalue weighted by atomic mass is 9.33. The fraction of sp³-hybridized carbons (Fsp3) is 0.867. The number of nitrogens with one attached hydrogen (secondary N) is 1. The number of nitro groups is 1. The summed E-state index contributed by atoms with van der Waals surface area (Å²) in [6, 6.07) is 4.60. The van der Waals surface area contributed by atoms with Gasteiger partial charge in [0.15, 0.2) is 33.3 Å². The summed E-state index contributed by atoms with van der Waals surface area (Å²) in [5.41, 5.74) is 10.0. The van der Waals surface area contributed by atoms with Crippen molar-refractivity contribution >= 4 is 50.3 Å². The summed E-state index contributed by atoms with van der Waals surface area (Å²) in [5, 5.41) is 18.8. The maximum atomic E-state index is 11.8. The minimum absolute atomic E-state index is 0.00669. The molecule has 1 N–H and O–H groups in total. The van der Waals surface area contributed by atoms with Crippen molar-refractivity contribution in [3.8, 4) is 0 Å². The molecule has 1 aromatic rings. The van der Waals surface area contributed by atoms with Crippen LogP contribution in [0.25, 0.3) is 10.4 Å². The summed E-state index contributed by atoms with van der Waals surface area (Å²) < 4.78 is 30.2. The molecule has 1 aromatic carbocycles. The van der Waals surface area contributed by atoms with Gasteiger partial charge in [0, 0.05) is 29.8 Å². The number of nitrogens with zero attached hydrogens (tertiary/aromatic N) is 5. The summed E-state index contributed by atoms with van der Waals surface area (Å²) in [6.45, 7) is 50.0. The SMILES string of the molecule is CC(C)(C)[Si](C)(C)OC[C@@H]1[C@@H](O[Si](C)(C)C(C)(C)C)[C@H](O[Si](C)(C)C(C)(C)C)[C@@H](O[Si](C)(C)C(C)(C)C)CN1CCC12CC(CCNc3ccc(N=[N+]=[N-])cc3[N+](=O)[O-])(C1)C2. The van der Waals surface area contributed by atoms with Crippen molar-refractivity contribution < 1.29 is 22.6 Å². The van der Waals surface area contributed by atoms with E-state index in [9.17, 15) is 10.1 Å².